The third-order valence-corrected chi connectivity index (χ3v) is 13.7. The van der Waals surface area contributed by atoms with E-state index in [9.17, 15) is 0 Å². The molecule has 0 bridgehead atoms. The highest BCUT2D eigenvalue weighted by Gasteiger charge is 2.29. The van der Waals surface area contributed by atoms with Crippen molar-refractivity contribution in [3.05, 3.63) is 211 Å². The summed E-state index contributed by atoms with van der Waals surface area (Å²) in [6.45, 7) is 0. The minimum Gasteiger partial charge on any atom is -0.456 e. The zero-order valence-electron chi connectivity index (χ0n) is 35.1. The fraction of sp³-hybridized carbons (Fsp3) is 0.0500. The molecule has 13 aromatic rings. The number of nitrogens with zero attached hydrogens (tertiary/aromatic N) is 3. The second kappa shape index (κ2) is 14.0. The van der Waals surface area contributed by atoms with Crippen LogP contribution in [0.2, 0.25) is 0 Å². The van der Waals surface area contributed by atoms with Crippen molar-refractivity contribution >= 4 is 76.2 Å². The van der Waals surface area contributed by atoms with Gasteiger partial charge in [0.25, 0.3) is 0 Å². The molecule has 14 rings (SSSR count). The maximum Gasteiger partial charge on any atom is 0.164 e. The van der Waals surface area contributed by atoms with Crippen molar-refractivity contribution in [3.8, 4) is 45.3 Å². The first-order valence-corrected chi connectivity index (χ1v) is 22.3. The molecule has 5 heteroatoms. The van der Waals surface area contributed by atoms with Gasteiger partial charge in [-0.3, -0.25) is 0 Å². The van der Waals surface area contributed by atoms with Gasteiger partial charge < -0.3 is 8.83 Å². The zero-order chi connectivity index (χ0) is 42.6. The average molecular weight is 832 g/mol. The molecule has 0 amide bonds. The van der Waals surface area contributed by atoms with E-state index < -0.39 is 0 Å². The molecule has 304 valence electrons. The molecule has 10 aromatic carbocycles. The summed E-state index contributed by atoms with van der Waals surface area (Å²) in [6.07, 6.45) is 1.81. The average Bonchev–Trinajstić information content (AvgIpc) is 3.89. The van der Waals surface area contributed by atoms with Gasteiger partial charge in [-0.2, -0.15) is 0 Å². The van der Waals surface area contributed by atoms with Crippen molar-refractivity contribution in [3.63, 3.8) is 0 Å². The van der Waals surface area contributed by atoms with E-state index in [1.54, 1.807) is 0 Å². The molecular weight excluding hydrogens is 795 g/mol. The predicted octanol–water partition coefficient (Wildman–Crippen LogP) is 15.9. The van der Waals surface area contributed by atoms with E-state index >= 15 is 0 Å². The second-order valence-corrected chi connectivity index (χ2v) is 17.4. The van der Waals surface area contributed by atoms with Crippen molar-refractivity contribution in [1.29, 1.82) is 0 Å². The minimum absolute atomic E-state index is 0.00228. The van der Waals surface area contributed by atoms with Crippen molar-refractivity contribution in [1.82, 2.24) is 15.0 Å². The van der Waals surface area contributed by atoms with E-state index in [2.05, 4.69) is 170 Å². The zero-order valence-corrected chi connectivity index (χ0v) is 35.1. The summed E-state index contributed by atoms with van der Waals surface area (Å²) in [7, 11) is 0. The minimum atomic E-state index is 0.00228. The lowest BCUT2D eigenvalue weighted by molar-refractivity contribution is 0.647. The Labute approximate surface area is 373 Å². The summed E-state index contributed by atoms with van der Waals surface area (Å²) >= 11 is 0. The molecule has 0 saturated carbocycles. The summed E-state index contributed by atoms with van der Waals surface area (Å²) in [5.41, 5.74) is 12.5. The highest BCUT2D eigenvalue weighted by molar-refractivity contribution is 6.08. The molecule has 1 unspecified atom stereocenters. The molecule has 1 atom stereocenters. The van der Waals surface area contributed by atoms with Gasteiger partial charge in [-0.25, -0.2) is 15.0 Å². The Hall–Kier alpha value is -8.41. The van der Waals surface area contributed by atoms with Crippen molar-refractivity contribution < 1.29 is 8.83 Å². The van der Waals surface area contributed by atoms with E-state index in [1.807, 2.05) is 24.3 Å². The van der Waals surface area contributed by atoms with Gasteiger partial charge in [0.1, 0.15) is 22.3 Å². The van der Waals surface area contributed by atoms with Crippen LogP contribution in [0, 0.1) is 0 Å². The van der Waals surface area contributed by atoms with Crippen molar-refractivity contribution in [2.24, 2.45) is 0 Å². The van der Waals surface area contributed by atoms with Gasteiger partial charge in [-0.15, -0.1) is 0 Å². The quantitative estimate of drug-likeness (QED) is 0.177. The Morgan fingerprint density at radius 2 is 0.938 bits per heavy atom. The summed E-state index contributed by atoms with van der Waals surface area (Å²) in [6, 6.07) is 69.2. The Bertz CT molecular complexity index is 4100. The Balaban J connectivity index is 1.03. The molecule has 0 fully saturated rings. The molecule has 5 nitrogen and oxygen atoms in total. The molecule has 3 aromatic heterocycles. The fourth-order valence-corrected chi connectivity index (χ4v) is 10.6. The number of para-hydroxylation sites is 2. The van der Waals surface area contributed by atoms with Gasteiger partial charge in [0.2, 0.25) is 0 Å². The van der Waals surface area contributed by atoms with Gasteiger partial charge >= 0.3 is 0 Å². The van der Waals surface area contributed by atoms with Crippen LogP contribution in [0.25, 0.3) is 121 Å². The summed E-state index contributed by atoms with van der Waals surface area (Å²) in [5, 5.41) is 11.4. The molecule has 0 aliphatic heterocycles. The van der Waals surface area contributed by atoms with Crippen LogP contribution in [0.1, 0.15) is 29.0 Å². The van der Waals surface area contributed by atoms with E-state index in [0.717, 1.165) is 89.7 Å². The molecule has 0 radical (unpaired) electrons. The third kappa shape index (κ3) is 5.75. The third-order valence-electron chi connectivity index (χ3n) is 13.7. The number of aryl methyl sites for hydroxylation is 1. The smallest absolute Gasteiger partial charge is 0.164 e. The van der Waals surface area contributed by atoms with Crippen molar-refractivity contribution in [2.45, 2.75) is 18.8 Å². The summed E-state index contributed by atoms with van der Waals surface area (Å²) in [4.78, 5) is 16.0. The maximum atomic E-state index is 6.95. The lowest BCUT2D eigenvalue weighted by atomic mass is 9.83. The molecular formula is C60H37N3O2. The van der Waals surface area contributed by atoms with Crippen molar-refractivity contribution in [2.75, 3.05) is 0 Å². The molecule has 0 N–H and O–H groups in total. The van der Waals surface area contributed by atoms with Crippen LogP contribution < -0.4 is 0 Å². The largest absolute Gasteiger partial charge is 0.456 e. The molecule has 0 spiro atoms. The van der Waals surface area contributed by atoms with Crippen LogP contribution in [-0.2, 0) is 6.42 Å². The number of hydrogen-bond donors (Lipinski definition) is 0. The first kappa shape index (κ1) is 36.1. The molecule has 1 aliphatic rings. The molecule has 1 aliphatic carbocycles. The maximum absolute atomic E-state index is 6.95. The van der Waals surface area contributed by atoms with Gasteiger partial charge in [0, 0.05) is 49.7 Å². The van der Waals surface area contributed by atoms with Crippen LogP contribution in [0.5, 0.6) is 0 Å². The number of benzene rings is 10. The van der Waals surface area contributed by atoms with E-state index in [0.29, 0.717) is 17.5 Å². The van der Waals surface area contributed by atoms with E-state index in [1.165, 1.54) is 43.8 Å². The van der Waals surface area contributed by atoms with Gasteiger partial charge in [0.15, 0.2) is 17.5 Å². The number of hydrogen-bond acceptors (Lipinski definition) is 5. The number of rotatable bonds is 4. The Morgan fingerprint density at radius 3 is 1.72 bits per heavy atom. The lowest BCUT2D eigenvalue weighted by Gasteiger charge is -2.21. The first-order valence-electron chi connectivity index (χ1n) is 22.3. The van der Waals surface area contributed by atoms with Crippen LogP contribution in [0.3, 0.4) is 0 Å². The Kier molecular flexibility index (Phi) is 7.80. The number of aromatic nitrogens is 3. The van der Waals surface area contributed by atoms with E-state index in [-0.39, 0.29) is 5.92 Å². The number of fused-ring (bicyclic) bond motifs is 12. The van der Waals surface area contributed by atoms with Gasteiger partial charge in [-0.05, 0) is 122 Å². The molecule has 3 heterocycles. The van der Waals surface area contributed by atoms with Gasteiger partial charge in [-0.1, -0.05) is 140 Å². The molecule has 65 heavy (non-hydrogen) atoms. The first-order chi connectivity index (χ1) is 32.2. The van der Waals surface area contributed by atoms with Crippen LogP contribution in [0.4, 0.5) is 0 Å². The van der Waals surface area contributed by atoms with Crippen LogP contribution in [0.15, 0.2) is 203 Å². The SMILES string of the molecule is c1ccc2cc3c(cc2c1)CCC(c1cc(-c2nc(-c4ccc5c(c4)oc4ccccc45)nc(-c4cccc5ccccc45)n2)cc2c1oc1ccccc12)c1cc2ccccc2cc1-3. The normalized spacial score (nSPS) is 13.9. The molecule has 0 saturated heterocycles. The number of furan rings is 2. The topological polar surface area (TPSA) is 65.0 Å². The summed E-state index contributed by atoms with van der Waals surface area (Å²) < 4.78 is 13.3. The lowest BCUT2D eigenvalue weighted by Crippen LogP contribution is -2.05. The van der Waals surface area contributed by atoms with E-state index in [4.69, 9.17) is 23.8 Å². The Morgan fingerprint density at radius 1 is 0.354 bits per heavy atom. The monoisotopic (exact) mass is 831 g/mol. The highest BCUT2D eigenvalue weighted by Crippen LogP contribution is 2.48. The fourth-order valence-electron chi connectivity index (χ4n) is 10.6. The summed E-state index contributed by atoms with van der Waals surface area (Å²) in [5.74, 6) is 1.78. The predicted molar refractivity (Wildman–Crippen MR) is 265 cm³/mol. The standard InChI is InChI=1S/C60H37N3O2/c1-2-14-37-29-49-40(28-36(37)13-1)24-26-44(50-30-38-15-3-4-16-39(38)31-51(49)50)52-32-42(33-53-46-20-8-10-23-55(46)65-57(52)53)59-61-58(41-25-27-47-45-19-7-9-22-54(45)64-56(47)34-41)62-60(63-59)48-21-11-17-35-12-5-6-18-43(35)48/h1-23,25,27-34,44H,24,26H2. The second-order valence-electron chi connectivity index (χ2n) is 17.4. The highest BCUT2D eigenvalue weighted by atomic mass is 16.3. The van der Waals surface area contributed by atoms with Gasteiger partial charge in [0.05, 0.1) is 0 Å². The van der Waals surface area contributed by atoms with Crippen LogP contribution >= 0.6 is 0 Å². The van der Waals surface area contributed by atoms with Crippen LogP contribution in [-0.4, -0.2) is 15.0 Å².